The van der Waals surface area contributed by atoms with E-state index in [1.165, 1.54) is 0 Å². The second-order valence-electron chi connectivity index (χ2n) is 3.78. The van der Waals surface area contributed by atoms with Crippen molar-refractivity contribution in [2.24, 2.45) is 5.11 Å². The summed E-state index contributed by atoms with van der Waals surface area (Å²) in [5.74, 6) is -0.699. The normalized spacial score (nSPS) is 9.74. The summed E-state index contributed by atoms with van der Waals surface area (Å²) in [7, 11) is 0. The number of nitrogens with two attached hydrogens (primary N) is 1. The summed E-state index contributed by atoms with van der Waals surface area (Å²) in [6.07, 6.45) is 3.28. The highest BCUT2D eigenvalue weighted by Gasteiger charge is 2.13. The Balaban J connectivity index is 2.61. The molecule has 0 fully saturated rings. The number of azide groups is 1. The van der Waals surface area contributed by atoms with Crippen LogP contribution in [0.3, 0.4) is 0 Å². The Labute approximate surface area is 108 Å². The van der Waals surface area contributed by atoms with Crippen molar-refractivity contribution in [3.8, 4) is 11.1 Å². The number of aromatic nitrogens is 2. The number of carbonyl (C=O) groups excluding carboxylic acids is 1. The van der Waals surface area contributed by atoms with E-state index in [1.54, 1.807) is 37.5 Å². The molecule has 0 saturated heterocycles. The van der Waals surface area contributed by atoms with Crippen LogP contribution in [0.5, 0.6) is 0 Å². The molecule has 2 N–H and O–H groups in total. The van der Waals surface area contributed by atoms with Crippen LogP contribution in [0.25, 0.3) is 21.6 Å². The molecule has 7 heteroatoms. The van der Waals surface area contributed by atoms with Crippen LogP contribution in [0.2, 0.25) is 0 Å². The molecular weight excluding hydrogens is 244 g/mol. The molecule has 0 aliphatic heterocycles. The molecule has 0 saturated carbocycles. The number of aryl methyl sites for hydroxylation is 1. The van der Waals surface area contributed by atoms with E-state index in [0.717, 1.165) is 11.1 Å². The van der Waals surface area contributed by atoms with Crippen molar-refractivity contribution < 1.29 is 4.79 Å². The Morgan fingerprint density at radius 3 is 2.74 bits per heavy atom. The smallest absolute Gasteiger partial charge is 0.252 e. The van der Waals surface area contributed by atoms with Gasteiger partial charge in [-0.25, -0.2) is 4.98 Å². The Morgan fingerprint density at radius 1 is 1.42 bits per heavy atom. The molecular formula is C12H10N6O. The molecule has 94 valence electrons. The lowest BCUT2D eigenvalue weighted by atomic mass is 10.0. The van der Waals surface area contributed by atoms with Gasteiger partial charge in [0, 0.05) is 28.6 Å². The van der Waals surface area contributed by atoms with Crippen LogP contribution < -0.4 is 5.73 Å². The van der Waals surface area contributed by atoms with Crippen molar-refractivity contribution in [2.75, 3.05) is 5.73 Å². The number of hydrogen-bond acceptors (Lipinski definition) is 4. The van der Waals surface area contributed by atoms with Gasteiger partial charge in [-0.05, 0) is 41.3 Å². The molecule has 0 aliphatic rings. The molecule has 7 nitrogen and oxygen atoms in total. The van der Waals surface area contributed by atoms with Gasteiger partial charge in [-0.1, -0.05) is 0 Å². The predicted molar refractivity (Wildman–Crippen MR) is 70.1 cm³/mol. The molecule has 2 heterocycles. The zero-order chi connectivity index (χ0) is 13.8. The SMILES string of the molecule is Cc1nc(N)c(C(=O)N=[N+]=[N-])cc1-c1ccncc1. The van der Waals surface area contributed by atoms with E-state index in [2.05, 4.69) is 20.0 Å². The Bertz CT molecular complexity index is 676. The number of amides is 1. The number of carbonyl (C=O) groups is 1. The third-order valence-electron chi connectivity index (χ3n) is 2.60. The fourth-order valence-corrected chi connectivity index (χ4v) is 1.71. The molecule has 0 unspecified atom stereocenters. The number of nitrogens with zero attached hydrogens (tertiary/aromatic N) is 5. The lowest BCUT2D eigenvalue weighted by Crippen LogP contribution is -2.05. The summed E-state index contributed by atoms with van der Waals surface area (Å²) in [6.45, 7) is 1.79. The highest BCUT2D eigenvalue weighted by molar-refractivity contribution is 6.00. The van der Waals surface area contributed by atoms with Gasteiger partial charge in [0.2, 0.25) is 0 Å². The van der Waals surface area contributed by atoms with Crippen molar-refractivity contribution in [3.63, 3.8) is 0 Å². The standard InChI is InChI=1S/C12H10N6O/c1-7-9(8-2-4-15-5-3-8)6-10(11(13)16-7)12(19)17-18-14/h2-6H,1H3,(H2,13,16). The molecule has 0 aliphatic carbocycles. The van der Waals surface area contributed by atoms with Gasteiger partial charge in [-0.15, -0.1) is 0 Å². The van der Waals surface area contributed by atoms with E-state index in [4.69, 9.17) is 11.3 Å². The summed E-state index contributed by atoms with van der Waals surface area (Å²) in [5, 5.41) is 3.03. The largest absolute Gasteiger partial charge is 0.383 e. The van der Waals surface area contributed by atoms with Crippen LogP contribution in [0.1, 0.15) is 16.1 Å². The average molecular weight is 254 g/mol. The van der Waals surface area contributed by atoms with Gasteiger partial charge in [0.1, 0.15) is 5.82 Å². The first-order valence-electron chi connectivity index (χ1n) is 5.40. The summed E-state index contributed by atoms with van der Waals surface area (Å²) in [6, 6.07) is 5.16. The fraction of sp³-hybridized carbons (Fsp3) is 0.0833. The third-order valence-corrected chi connectivity index (χ3v) is 2.60. The van der Waals surface area contributed by atoms with E-state index < -0.39 is 5.91 Å². The van der Waals surface area contributed by atoms with Crippen LogP contribution in [0.15, 0.2) is 35.7 Å². The molecule has 1 amide bonds. The van der Waals surface area contributed by atoms with Crippen LogP contribution in [-0.2, 0) is 0 Å². The van der Waals surface area contributed by atoms with Crippen LogP contribution in [-0.4, -0.2) is 15.9 Å². The van der Waals surface area contributed by atoms with Crippen LogP contribution >= 0.6 is 0 Å². The van der Waals surface area contributed by atoms with E-state index in [-0.39, 0.29) is 11.4 Å². The highest BCUT2D eigenvalue weighted by atomic mass is 16.1. The van der Waals surface area contributed by atoms with E-state index >= 15 is 0 Å². The zero-order valence-electron chi connectivity index (χ0n) is 10.1. The van der Waals surface area contributed by atoms with Gasteiger partial charge in [-0.3, -0.25) is 9.78 Å². The summed E-state index contributed by atoms with van der Waals surface area (Å²) in [4.78, 5) is 22.1. The molecule has 2 aromatic heterocycles. The summed E-state index contributed by atoms with van der Waals surface area (Å²) >= 11 is 0. The summed E-state index contributed by atoms with van der Waals surface area (Å²) in [5.41, 5.74) is 16.3. The minimum absolute atomic E-state index is 0.0488. The molecule has 19 heavy (non-hydrogen) atoms. The number of rotatable bonds is 2. The third kappa shape index (κ3) is 2.51. The molecule has 0 bridgehead atoms. The van der Waals surface area contributed by atoms with Crippen LogP contribution in [0.4, 0.5) is 5.82 Å². The van der Waals surface area contributed by atoms with Crippen molar-refractivity contribution in [3.05, 3.63) is 52.3 Å². The van der Waals surface area contributed by atoms with Crippen molar-refractivity contribution in [1.82, 2.24) is 9.97 Å². The van der Waals surface area contributed by atoms with Gasteiger partial charge in [0.15, 0.2) is 0 Å². The van der Waals surface area contributed by atoms with E-state index in [9.17, 15) is 4.79 Å². The van der Waals surface area contributed by atoms with Gasteiger partial charge >= 0.3 is 0 Å². The highest BCUT2D eigenvalue weighted by Crippen LogP contribution is 2.25. The van der Waals surface area contributed by atoms with Crippen molar-refractivity contribution >= 4 is 11.7 Å². The van der Waals surface area contributed by atoms with E-state index in [0.29, 0.717) is 5.69 Å². The van der Waals surface area contributed by atoms with Gasteiger partial charge < -0.3 is 5.73 Å². The number of pyridine rings is 2. The Hall–Kier alpha value is -2.92. The molecule has 2 aromatic rings. The number of hydrogen-bond donors (Lipinski definition) is 1. The maximum Gasteiger partial charge on any atom is 0.252 e. The number of nitrogen functional groups attached to an aromatic ring is 1. The lowest BCUT2D eigenvalue weighted by Gasteiger charge is -2.09. The first-order valence-corrected chi connectivity index (χ1v) is 5.40. The number of anilines is 1. The minimum Gasteiger partial charge on any atom is -0.383 e. The molecule has 0 radical (unpaired) electrons. The topological polar surface area (TPSA) is 118 Å². The Kier molecular flexibility index (Phi) is 3.40. The van der Waals surface area contributed by atoms with E-state index in [1.807, 2.05) is 0 Å². The minimum atomic E-state index is -0.747. The first kappa shape index (κ1) is 12.5. The molecule has 0 aromatic carbocycles. The second-order valence-corrected chi connectivity index (χ2v) is 3.78. The van der Waals surface area contributed by atoms with Gasteiger partial charge in [0.25, 0.3) is 5.91 Å². The van der Waals surface area contributed by atoms with Gasteiger partial charge in [-0.2, -0.15) is 0 Å². The summed E-state index contributed by atoms with van der Waals surface area (Å²) < 4.78 is 0. The van der Waals surface area contributed by atoms with Crippen molar-refractivity contribution in [2.45, 2.75) is 6.92 Å². The Morgan fingerprint density at radius 2 is 2.11 bits per heavy atom. The quantitative estimate of drug-likeness (QED) is 0.503. The fourth-order valence-electron chi connectivity index (χ4n) is 1.71. The maximum absolute atomic E-state index is 11.6. The first-order chi connectivity index (χ1) is 9.13. The molecule has 0 spiro atoms. The zero-order valence-corrected chi connectivity index (χ0v) is 10.1. The maximum atomic E-state index is 11.6. The van der Waals surface area contributed by atoms with Crippen molar-refractivity contribution in [1.29, 1.82) is 0 Å². The average Bonchev–Trinajstić information content (AvgIpc) is 2.40. The van der Waals surface area contributed by atoms with Gasteiger partial charge in [0.05, 0.1) is 5.56 Å². The predicted octanol–water partition coefficient (Wildman–Crippen LogP) is 2.48. The molecule has 0 atom stereocenters. The second kappa shape index (κ2) is 5.16. The molecule has 2 rings (SSSR count). The lowest BCUT2D eigenvalue weighted by molar-refractivity contribution is 0.100. The monoisotopic (exact) mass is 254 g/mol. The van der Waals surface area contributed by atoms with Crippen LogP contribution in [0, 0.1) is 6.92 Å².